The fourth-order valence-electron chi connectivity index (χ4n) is 5.29. The molecule has 2 heteroatoms. The monoisotopic (exact) mass is 373 g/mol. The van der Waals surface area contributed by atoms with E-state index in [0.29, 0.717) is 5.56 Å². The van der Waals surface area contributed by atoms with Crippen LogP contribution < -0.4 is 4.57 Å². The Balaban J connectivity index is 1.72. The van der Waals surface area contributed by atoms with E-state index in [4.69, 9.17) is 10.5 Å². The van der Waals surface area contributed by atoms with E-state index >= 15 is 0 Å². The number of nitrogens with zero attached hydrogens (tertiary/aromatic N) is 2. The van der Waals surface area contributed by atoms with E-state index < -0.39 is 12.7 Å². The third-order valence-corrected chi connectivity index (χ3v) is 6.75. The van der Waals surface area contributed by atoms with Crippen LogP contribution in [-0.4, -0.2) is 4.98 Å². The molecule has 3 aromatic rings. The minimum Gasteiger partial charge on any atom is -0.260 e. The molecule has 1 fully saturated rings. The molecule has 1 saturated carbocycles. The number of fused-ring (bicyclic) bond motifs is 5. The van der Waals surface area contributed by atoms with E-state index in [1.807, 2.05) is 36.1 Å². The first-order valence-electron chi connectivity index (χ1n) is 12.2. The Bertz CT molecular complexity index is 1220. The van der Waals surface area contributed by atoms with Gasteiger partial charge >= 0.3 is 0 Å². The number of aryl methyl sites for hydroxylation is 2. The van der Waals surface area contributed by atoms with Crippen LogP contribution in [0.1, 0.15) is 73.2 Å². The number of aromatic nitrogens is 2. The van der Waals surface area contributed by atoms with E-state index in [1.165, 1.54) is 42.1 Å². The summed E-state index contributed by atoms with van der Waals surface area (Å²) in [5.41, 5.74) is 8.74. The summed E-state index contributed by atoms with van der Waals surface area (Å²) in [5, 5.41) is 0. The molecule has 1 atom stereocenters. The van der Waals surface area contributed by atoms with E-state index in [0.717, 1.165) is 29.7 Å². The minimum absolute atomic E-state index is 0.0280. The zero-order chi connectivity index (χ0) is 22.9. The maximum atomic E-state index is 8.55. The first-order valence-corrected chi connectivity index (χ1v) is 10.2. The predicted molar refractivity (Wildman–Crippen MR) is 114 cm³/mol. The molecule has 0 amide bonds. The maximum absolute atomic E-state index is 8.55. The highest BCUT2D eigenvalue weighted by Crippen LogP contribution is 2.56. The highest BCUT2D eigenvalue weighted by atomic mass is 14.9. The van der Waals surface area contributed by atoms with E-state index in [-0.39, 0.29) is 5.41 Å². The summed E-state index contributed by atoms with van der Waals surface area (Å²) in [7, 11) is 1.97. The van der Waals surface area contributed by atoms with Gasteiger partial charge in [0.2, 0.25) is 5.69 Å². The zero-order valence-electron chi connectivity index (χ0n) is 20.8. The SMILES string of the molecule is [2H]C([2H])([2H])C([2H])(C)c1cc[n+](C)c(-c2cc3c(cc2C)C2(CCCC2)c2ncccc2-3)c1. The molecule has 5 rings (SSSR count). The maximum Gasteiger partial charge on any atom is 0.212 e. The second-order valence-corrected chi connectivity index (χ2v) is 8.44. The number of hydrogen-bond donors (Lipinski definition) is 0. The van der Waals surface area contributed by atoms with Crippen molar-refractivity contribution in [2.45, 2.75) is 57.7 Å². The minimum atomic E-state index is -2.41. The van der Waals surface area contributed by atoms with E-state index in [9.17, 15) is 0 Å². The predicted octanol–water partition coefficient (Wildman–Crippen LogP) is 5.85. The number of rotatable bonds is 2. The molecule has 0 saturated heterocycles. The Hall–Kier alpha value is -2.48. The van der Waals surface area contributed by atoms with Gasteiger partial charge in [0.05, 0.1) is 5.69 Å². The van der Waals surface area contributed by atoms with Crippen LogP contribution in [0.2, 0.25) is 0 Å². The molecule has 2 heterocycles. The highest BCUT2D eigenvalue weighted by molar-refractivity contribution is 5.84. The van der Waals surface area contributed by atoms with Gasteiger partial charge in [0.1, 0.15) is 7.05 Å². The number of benzene rings is 1. The lowest BCUT2D eigenvalue weighted by Gasteiger charge is -2.25. The molecule has 0 N–H and O–H groups in total. The molecular weight excluding hydrogens is 340 g/mol. The normalized spacial score (nSPS) is 21.2. The van der Waals surface area contributed by atoms with Gasteiger partial charge in [-0.25, -0.2) is 4.57 Å². The van der Waals surface area contributed by atoms with Gasteiger partial charge in [-0.05, 0) is 60.0 Å². The average molecular weight is 374 g/mol. The summed E-state index contributed by atoms with van der Waals surface area (Å²) in [6.07, 6.45) is 8.51. The Morgan fingerprint density at radius 1 is 1.14 bits per heavy atom. The smallest absolute Gasteiger partial charge is 0.212 e. The molecule has 1 unspecified atom stereocenters. The van der Waals surface area contributed by atoms with Crippen molar-refractivity contribution in [3.63, 3.8) is 0 Å². The quantitative estimate of drug-likeness (QED) is 0.515. The molecule has 28 heavy (non-hydrogen) atoms. The Morgan fingerprint density at radius 3 is 2.75 bits per heavy atom. The molecule has 0 aliphatic heterocycles. The molecule has 2 nitrogen and oxygen atoms in total. The van der Waals surface area contributed by atoms with Gasteiger partial charge in [0.25, 0.3) is 0 Å². The second-order valence-electron chi connectivity index (χ2n) is 8.44. The van der Waals surface area contributed by atoms with Gasteiger partial charge in [0.15, 0.2) is 6.20 Å². The standard InChI is InChI=1S/C26H29N2/c1-17(2)19-9-13-28(4)24(15-19)21-16-22-20-8-7-12-27-25(20)26(10-5-6-11-26)23(22)14-18(21)3/h7-9,12-17H,5-6,10-11H2,1-4H3/q+1/i1D3,17D. The van der Waals surface area contributed by atoms with Gasteiger partial charge in [-0.15, -0.1) is 0 Å². The van der Waals surface area contributed by atoms with Crippen molar-refractivity contribution in [1.29, 1.82) is 0 Å². The summed E-state index contributed by atoms with van der Waals surface area (Å²) >= 11 is 0. The number of hydrogen-bond acceptors (Lipinski definition) is 1. The molecular formula is C26H29N2+. The first-order chi connectivity index (χ1) is 15.1. The second kappa shape index (κ2) is 6.27. The van der Waals surface area contributed by atoms with Gasteiger partial charge in [-0.3, -0.25) is 4.98 Å². The van der Waals surface area contributed by atoms with Gasteiger partial charge in [0, 0.05) is 40.4 Å². The van der Waals surface area contributed by atoms with Gasteiger partial charge in [-0.1, -0.05) is 38.8 Å². The summed E-state index contributed by atoms with van der Waals surface area (Å²) < 4.78 is 34.1. The average Bonchev–Trinajstić information content (AvgIpc) is 3.33. The molecule has 1 aromatic carbocycles. The zero-order valence-corrected chi connectivity index (χ0v) is 16.8. The fraction of sp³-hybridized carbons (Fsp3) is 0.385. The van der Waals surface area contributed by atoms with Crippen LogP contribution >= 0.6 is 0 Å². The van der Waals surface area contributed by atoms with Crippen molar-refractivity contribution in [3.05, 3.63) is 71.2 Å². The summed E-state index contributed by atoms with van der Waals surface area (Å²) in [4.78, 5) is 4.84. The molecule has 2 aliphatic carbocycles. The lowest BCUT2D eigenvalue weighted by Crippen LogP contribution is -2.31. The van der Waals surface area contributed by atoms with E-state index in [2.05, 4.69) is 25.1 Å². The van der Waals surface area contributed by atoms with Crippen molar-refractivity contribution in [1.82, 2.24) is 4.98 Å². The lowest BCUT2D eigenvalue weighted by molar-refractivity contribution is -0.660. The topological polar surface area (TPSA) is 16.8 Å². The third kappa shape index (κ3) is 2.40. The van der Waals surface area contributed by atoms with Gasteiger partial charge in [-0.2, -0.15) is 0 Å². The Labute approximate surface area is 173 Å². The molecule has 2 aromatic heterocycles. The van der Waals surface area contributed by atoms with Crippen molar-refractivity contribution < 1.29 is 10.1 Å². The summed E-state index contributed by atoms with van der Waals surface area (Å²) in [5.74, 6) is -1.68. The van der Waals surface area contributed by atoms with Crippen LogP contribution in [0.5, 0.6) is 0 Å². The van der Waals surface area contributed by atoms with Crippen LogP contribution in [0, 0.1) is 6.92 Å². The molecule has 0 radical (unpaired) electrons. The van der Waals surface area contributed by atoms with Crippen molar-refractivity contribution in [2.24, 2.45) is 7.05 Å². The van der Waals surface area contributed by atoms with Crippen LogP contribution in [-0.2, 0) is 12.5 Å². The Kier molecular flexibility index (Phi) is 3.06. The fourth-order valence-corrected chi connectivity index (χ4v) is 5.29. The summed E-state index contributed by atoms with van der Waals surface area (Å²) in [6, 6.07) is 12.4. The Morgan fingerprint density at radius 2 is 1.96 bits per heavy atom. The van der Waals surface area contributed by atoms with E-state index in [1.54, 1.807) is 6.07 Å². The molecule has 2 aliphatic rings. The van der Waals surface area contributed by atoms with Crippen molar-refractivity contribution >= 4 is 0 Å². The van der Waals surface area contributed by atoms with Crippen LogP contribution in [0.25, 0.3) is 22.4 Å². The van der Waals surface area contributed by atoms with Gasteiger partial charge < -0.3 is 0 Å². The van der Waals surface area contributed by atoms with Crippen LogP contribution in [0.4, 0.5) is 0 Å². The van der Waals surface area contributed by atoms with Crippen LogP contribution in [0.3, 0.4) is 0 Å². The molecule has 142 valence electrons. The van der Waals surface area contributed by atoms with Crippen molar-refractivity contribution in [3.8, 4) is 22.4 Å². The lowest BCUT2D eigenvalue weighted by atomic mass is 9.78. The first kappa shape index (κ1) is 13.7. The molecule has 1 spiro atoms. The van der Waals surface area contributed by atoms with Crippen LogP contribution in [0.15, 0.2) is 48.8 Å². The molecule has 0 bridgehead atoms. The summed E-state index contributed by atoms with van der Waals surface area (Å²) in [6.45, 7) is 1.20. The highest BCUT2D eigenvalue weighted by Gasteiger charge is 2.46. The number of pyridine rings is 2. The largest absolute Gasteiger partial charge is 0.260 e. The van der Waals surface area contributed by atoms with Crippen molar-refractivity contribution in [2.75, 3.05) is 0 Å². The third-order valence-electron chi connectivity index (χ3n) is 6.75.